The van der Waals surface area contributed by atoms with E-state index in [1.54, 1.807) is 0 Å². The number of hydrogen-bond acceptors (Lipinski definition) is 4. The number of nitrogens with zero attached hydrogens (tertiary/aromatic N) is 4. The maximum absolute atomic E-state index is 13.0. The van der Waals surface area contributed by atoms with Crippen molar-refractivity contribution in [3.05, 3.63) is 48.2 Å². The fourth-order valence-electron chi connectivity index (χ4n) is 4.62. The number of rotatable bonds is 5. The van der Waals surface area contributed by atoms with Crippen LogP contribution in [0.1, 0.15) is 45.1 Å². The summed E-state index contributed by atoms with van der Waals surface area (Å²) in [5.41, 5.74) is 3.40. The second-order valence-electron chi connectivity index (χ2n) is 10.2. The first-order valence-corrected chi connectivity index (χ1v) is 11.3. The molecule has 1 aliphatic rings. The first kappa shape index (κ1) is 21.7. The third kappa shape index (κ3) is 5.04. The van der Waals surface area contributed by atoms with Crippen LogP contribution >= 0.6 is 0 Å². The number of piperidine rings is 1. The van der Waals surface area contributed by atoms with Gasteiger partial charge >= 0.3 is 0 Å². The zero-order valence-corrected chi connectivity index (χ0v) is 19.5. The highest BCUT2D eigenvalue weighted by Crippen LogP contribution is 2.26. The van der Waals surface area contributed by atoms with Crippen LogP contribution in [0.4, 0.5) is 0 Å². The quantitative estimate of drug-likeness (QED) is 0.596. The number of ketones is 1. The van der Waals surface area contributed by atoms with Crippen molar-refractivity contribution in [1.29, 1.82) is 0 Å². The molecule has 5 heteroatoms. The Morgan fingerprint density at radius 3 is 2.45 bits per heavy atom. The van der Waals surface area contributed by atoms with Crippen LogP contribution in [-0.2, 0) is 18.3 Å². The molecule has 5 nitrogen and oxygen atoms in total. The number of likely N-dealkylation sites (tertiary alicyclic amines) is 1. The Morgan fingerprint density at radius 1 is 1.06 bits per heavy atom. The van der Waals surface area contributed by atoms with Crippen LogP contribution in [0.25, 0.3) is 22.0 Å². The van der Waals surface area contributed by atoms with E-state index in [2.05, 4.69) is 64.5 Å². The van der Waals surface area contributed by atoms with E-state index in [1.807, 2.05) is 26.4 Å². The largest absolute Gasteiger partial charge is 0.331 e. The number of aromatic nitrogens is 3. The zero-order chi connectivity index (χ0) is 22.2. The molecule has 0 N–H and O–H groups in total. The van der Waals surface area contributed by atoms with Gasteiger partial charge in [0, 0.05) is 48.8 Å². The summed E-state index contributed by atoms with van der Waals surface area (Å²) in [5, 5.41) is 2.21. The number of benzene rings is 1. The lowest BCUT2D eigenvalue weighted by Crippen LogP contribution is -2.40. The molecule has 0 spiro atoms. The Labute approximate surface area is 185 Å². The number of carbonyl (C=O) groups is 1. The van der Waals surface area contributed by atoms with Gasteiger partial charge in [0.2, 0.25) is 0 Å². The van der Waals surface area contributed by atoms with Crippen molar-refractivity contribution >= 4 is 16.6 Å². The van der Waals surface area contributed by atoms with Gasteiger partial charge in [0.1, 0.15) is 11.6 Å². The van der Waals surface area contributed by atoms with E-state index in [0.717, 1.165) is 66.0 Å². The lowest BCUT2D eigenvalue weighted by Gasteiger charge is -2.35. The maximum Gasteiger partial charge on any atom is 0.142 e. The van der Waals surface area contributed by atoms with Crippen LogP contribution in [0.3, 0.4) is 0 Å². The molecular weight excluding hydrogens is 384 g/mol. The Hall–Kier alpha value is -2.53. The molecular formula is C26H34N4O. The first-order valence-electron chi connectivity index (χ1n) is 11.3. The molecule has 0 radical (unpaired) electrons. The number of hydrogen-bond donors (Lipinski definition) is 0. The van der Waals surface area contributed by atoms with E-state index in [1.165, 1.54) is 0 Å². The van der Waals surface area contributed by atoms with Crippen LogP contribution in [0.2, 0.25) is 0 Å². The number of carbonyl (C=O) groups excluding carboxylic acids is 1. The third-order valence-electron chi connectivity index (χ3n) is 6.39. The van der Waals surface area contributed by atoms with Crippen LogP contribution < -0.4 is 0 Å². The summed E-state index contributed by atoms with van der Waals surface area (Å²) in [7, 11) is 2.03. The van der Waals surface area contributed by atoms with Gasteiger partial charge in [-0.25, -0.2) is 4.98 Å². The minimum atomic E-state index is 0.164. The van der Waals surface area contributed by atoms with Crippen LogP contribution in [0, 0.1) is 18.3 Å². The number of fused-ring (bicyclic) bond motifs is 1. The van der Waals surface area contributed by atoms with Gasteiger partial charge in [0.15, 0.2) is 0 Å². The highest BCUT2D eigenvalue weighted by molar-refractivity contribution is 5.88. The minimum Gasteiger partial charge on any atom is -0.331 e. The molecule has 0 saturated carbocycles. The van der Waals surface area contributed by atoms with Crippen molar-refractivity contribution < 1.29 is 4.79 Å². The third-order valence-corrected chi connectivity index (χ3v) is 6.39. The summed E-state index contributed by atoms with van der Waals surface area (Å²) in [6.45, 7) is 12.0. The smallest absolute Gasteiger partial charge is 0.142 e. The predicted octanol–water partition coefficient (Wildman–Crippen LogP) is 4.81. The van der Waals surface area contributed by atoms with Gasteiger partial charge < -0.3 is 9.47 Å². The topological polar surface area (TPSA) is 51.0 Å². The van der Waals surface area contributed by atoms with Gasteiger partial charge in [0.05, 0.1) is 11.9 Å². The summed E-state index contributed by atoms with van der Waals surface area (Å²) in [6, 6.07) is 8.45. The summed E-state index contributed by atoms with van der Waals surface area (Å²) >= 11 is 0. The highest BCUT2D eigenvalue weighted by atomic mass is 16.1. The Bertz CT molecular complexity index is 1080. The van der Waals surface area contributed by atoms with Gasteiger partial charge in [-0.2, -0.15) is 0 Å². The summed E-state index contributed by atoms with van der Waals surface area (Å²) in [5.74, 6) is 1.49. The summed E-state index contributed by atoms with van der Waals surface area (Å²) in [4.78, 5) is 24.4. The van der Waals surface area contributed by atoms with Crippen molar-refractivity contribution in [2.24, 2.45) is 18.4 Å². The molecule has 3 aromatic rings. The molecule has 0 atom stereocenters. The second-order valence-corrected chi connectivity index (χ2v) is 10.2. The molecule has 0 unspecified atom stereocenters. The van der Waals surface area contributed by atoms with Crippen LogP contribution in [0.15, 0.2) is 36.7 Å². The van der Waals surface area contributed by atoms with Crippen LogP contribution in [0.5, 0.6) is 0 Å². The fourth-order valence-corrected chi connectivity index (χ4v) is 4.62. The van der Waals surface area contributed by atoms with Crippen molar-refractivity contribution in [3.63, 3.8) is 0 Å². The highest BCUT2D eigenvalue weighted by Gasteiger charge is 2.27. The molecule has 4 rings (SSSR count). The van der Waals surface area contributed by atoms with Gasteiger partial charge in [-0.1, -0.05) is 32.9 Å². The van der Waals surface area contributed by atoms with E-state index in [4.69, 9.17) is 0 Å². The average Bonchev–Trinajstić information content (AvgIpc) is 3.05. The SMILES string of the molecule is Cc1ncc(-c2ccc3cnc(CC(=O)C4CCN(CC(C)(C)C)CC4)cc3c2)n1C. The summed E-state index contributed by atoms with van der Waals surface area (Å²) in [6.07, 6.45) is 6.16. The molecule has 1 aromatic carbocycles. The van der Waals surface area contributed by atoms with E-state index in [-0.39, 0.29) is 5.92 Å². The molecule has 0 aliphatic carbocycles. The maximum atomic E-state index is 13.0. The Kier molecular flexibility index (Phi) is 5.98. The molecule has 164 valence electrons. The van der Waals surface area contributed by atoms with Gasteiger partial charge in [0.25, 0.3) is 0 Å². The van der Waals surface area contributed by atoms with E-state index in [9.17, 15) is 4.79 Å². The van der Waals surface area contributed by atoms with E-state index >= 15 is 0 Å². The number of Topliss-reactive ketones (excluding diaryl/α,β-unsaturated/α-hetero) is 1. The van der Waals surface area contributed by atoms with E-state index < -0.39 is 0 Å². The Morgan fingerprint density at radius 2 is 1.81 bits per heavy atom. The van der Waals surface area contributed by atoms with Crippen molar-refractivity contribution in [2.75, 3.05) is 19.6 Å². The van der Waals surface area contributed by atoms with E-state index in [0.29, 0.717) is 17.6 Å². The summed E-state index contributed by atoms with van der Waals surface area (Å²) < 4.78 is 2.10. The molecule has 1 saturated heterocycles. The molecule has 0 amide bonds. The second kappa shape index (κ2) is 8.54. The molecule has 0 bridgehead atoms. The fraction of sp³-hybridized carbons (Fsp3) is 0.500. The first-order chi connectivity index (χ1) is 14.7. The van der Waals surface area contributed by atoms with Gasteiger partial charge in [-0.05, 0) is 55.8 Å². The lowest BCUT2D eigenvalue weighted by atomic mass is 9.88. The standard InChI is InChI=1S/C26H34N4O/c1-18-27-16-24(29(18)5)20-6-7-21-15-28-23(13-22(21)12-20)14-25(31)19-8-10-30(11-9-19)17-26(2,3)4/h6-7,12-13,15-16,19H,8-11,14,17H2,1-5H3. The monoisotopic (exact) mass is 418 g/mol. The Balaban J connectivity index is 1.45. The van der Waals surface area contributed by atoms with Gasteiger partial charge in [-0.15, -0.1) is 0 Å². The predicted molar refractivity (Wildman–Crippen MR) is 126 cm³/mol. The normalized spacial score (nSPS) is 16.2. The number of pyridine rings is 1. The average molecular weight is 419 g/mol. The number of imidazole rings is 1. The molecule has 1 fully saturated rings. The molecule has 1 aliphatic heterocycles. The minimum absolute atomic E-state index is 0.164. The zero-order valence-electron chi connectivity index (χ0n) is 19.5. The van der Waals surface area contributed by atoms with Crippen LogP contribution in [-0.4, -0.2) is 44.9 Å². The molecule has 31 heavy (non-hydrogen) atoms. The van der Waals surface area contributed by atoms with Crippen molar-refractivity contribution in [3.8, 4) is 11.3 Å². The van der Waals surface area contributed by atoms with Gasteiger partial charge in [-0.3, -0.25) is 9.78 Å². The molecule has 3 heterocycles. The molecule has 2 aromatic heterocycles. The number of aryl methyl sites for hydroxylation is 1. The lowest BCUT2D eigenvalue weighted by molar-refractivity contribution is -0.123. The van der Waals surface area contributed by atoms with Crippen molar-refractivity contribution in [1.82, 2.24) is 19.4 Å². The van der Waals surface area contributed by atoms with Crippen molar-refractivity contribution in [2.45, 2.75) is 47.0 Å².